The van der Waals surface area contributed by atoms with Crippen LogP contribution in [0.5, 0.6) is 5.75 Å². The van der Waals surface area contributed by atoms with E-state index in [0.717, 1.165) is 18.4 Å². The largest absolute Gasteiger partial charge is 0.488 e. The van der Waals surface area contributed by atoms with E-state index in [1.54, 1.807) is 63.6 Å². The summed E-state index contributed by atoms with van der Waals surface area (Å²) >= 11 is 7.96. The summed E-state index contributed by atoms with van der Waals surface area (Å²) in [6.45, 7) is 5.13. The molecule has 0 saturated carbocycles. The second kappa shape index (κ2) is 11.9. The van der Waals surface area contributed by atoms with E-state index in [0.29, 0.717) is 23.7 Å². The zero-order valence-electron chi connectivity index (χ0n) is 20.5. The highest BCUT2D eigenvalue weighted by atomic mass is 35.5. The highest BCUT2D eigenvalue weighted by Crippen LogP contribution is 2.34. The molecule has 0 aliphatic carbocycles. The van der Waals surface area contributed by atoms with Gasteiger partial charge in [0, 0.05) is 18.0 Å². The first-order chi connectivity index (χ1) is 17.4. The summed E-state index contributed by atoms with van der Waals surface area (Å²) in [6, 6.07) is 14.8. The molecule has 0 bridgehead atoms. The molecule has 2 atom stereocenters. The van der Waals surface area contributed by atoms with Gasteiger partial charge in [-0.05, 0) is 53.6 Å². The Morgan fingerprint density at radius 2 is 1.94 bits per heavy atom. The lowest BCUT2D eigenvalue weighted by atomic mass is 10.00. The number of nitrogens with zero attached hydrogens (tertiary/aromatic N) is 2. The summed E-state index contributed by atoms with van der Waals surface area (Å²) in [5.41, 5.74) is 1.40. The molecular weight excluding hydrogens is 499 g/mol. The van der Waals surface area contributed by atoms with E-state index in [2.05, 4.69) is 13.8 Å². The van der Waals surface area contributed by atoms with E-state index in [-0.39, 0.29) is 42.7 Å². The van der Waals surface area contributed by atoms with E-state index in [1.807, 2.05) is 11.4 Å². The van der Waals surface area contributed by atoms with Crippen LogP contribution >= 0.6 is 22.9 Å². The highest BCUT2D eigenvalue weighted by Gasteiger charge is 2.34. The number of ether oxygens (including phenoxy) is 1. The van der Waals surface area contributed by atoms with Gasteiger partial charge in [0.1, 0.15) is 13.2 Å². The van der Waals surface area contributed by atoms with Crippen molar-refractivity contribution < 1.29 is 18.7 Å². The topological polar surface area (TPSA) is 49.9 Å². The van der Waals surface area contributed by atoms with Gasteiger partial charge in [0.05, 0.1) is 16.6 Å². The predicted molar refractivity (Wildman–Crippen MR) is 141 cm³/mol. The van der Waals surface area contributed by atoms with Crippen LogP contribution in [-0.2, 0) is 11.2 Å². The average Bonchev–Trinajstić information content (AvgIpc) is 3.36. The normalized spacial score (nSPS) is 15.8. The van der Waals surface area contributed by atoms with E-state index in [9.17, 15) is 14.0 Å². The summed E-state index contributed by atoms with van der Waals surface area (Å²) in [4.78, 5) is 31.7. The molecule has 1 aliphatic heterocycles. The number of amides is 2. The molecule has 2 aromatic carbocycles. The van der Waals surface area contributed by atoms with Gasteiger partial charge in [0.15, 0.2) is 11.6 Å². The predicted octanol–water partition coefficient (Wildman–Crippen LogP) is 6.23. The first-order valence-electron chi connectivity index (χ1n) is 12.2. The second-order valence-corrected chi connectivity index (χ2v) is 10.5. The molecule has 0 N–H and O–H groups in total. The number of fused-ring (bicyclic) bond motifs is 1. The zero-order chi connectivity index (χ0) is 25.7. The number of hydrogen-bond donors (Lipinski definition) is 0. The minimum Gasteiger partial charge on any atom is -0.488 e. The maximum absolute atomic E-state index is 14.2. The molecular formula is C28H30ClFN2O3S. The molecule has 8 heteroatoms. The van der Waals surface area contributed by atoms with E-state index in [1.165, 1.54) is 10.9 Å². The number of carbonyl (C=O) groups is 2. The number of rotatable bonds is 9. The van der Waals surface area contributed by atoms with Crippen LogP contribution in [0.15, 0.2) is 60.0 Å². The third-order valence-electron chi connectivity index (χ3n) is 6.60. The molecule has 2 heterocycles. The Morgan fingerprint density at radius 3 is 2.69 bits per heavy atom. The third kappa shape index (κ3) is 5.90. The summed E-state index contributed by atoms with van der Waals surface area (Å²) in [5, 5.41) is 2.37. The van der Waals surface area contributed by atoms with Crippen LogP contribution < -0.4 is 4.74 Å². The number of hydrogen-bond acceptors (Lipinski definition) is 4. The van der Waals surface area contributed by atoms with Crippen molar-refractivity contribution in [2.24, 2.45) is 5.92 Å². The molecule has 190 valence electrons. The molecule has 4 rings (SSSR count). The molecule has 0 spiro atoms. The Morgan fingerprint density at radius 1 is 1.19 bits per heavy atom. The van der Waals surface area contributed by atoms with Gasteiger partial charge in [0.2, 0.25) is 5.91 Å². The molecule has 0 radical (unpaired) electrons. The lowest BCUT2D eigenvalue weighted by Gasteiger charge is -2.37. The van der Waals surface area contributed by atoms with Crippen LogP contribution in [0.25, 0.3) is 0 Å². The van der Waals surface area contributed by atoms with Crippen molar-refractivity contribution >= 4 is 34.8 Å². The quantitative estimate of drug-likeness (QED) is 0.330. The molecule has 5 nitrogen and oxygen atoms in total. The van der Waals surface area contributed by atoms with Crippen LogP contribution in [0, 0.1) is 11.7 Å². The van der Waals surface area contributed by atoms with Crippen LogP contribution in [-0.4, -0.2) is 47.9 Å². The Balaban J connectivity index is 1.56. The molecule has 3 aromatic rings. The Bertz CT molecular complexity index is 1220. The number of thiophene rings is 1. The minimum absolute atomic E-state index is 0.0654. The van der Waals surface area contributed by atoms with Gasteiger partial charge in [-0.25, -0.2) is 4.39 Å². The fourth-order valence-electron chi connectivity index (χ4n) is 4.39. The van der Waals surface area contributed by atoms with E-state index >= 15 is 0 Å². The fourth-order valence-corrected chi connectivity index (χ4v) is 5.53. The minimum atomic E-state index is -0.443. The second-order valence-electron chi connectivity index (χ2n) is 9.07. The lowest BCUT2D eigenvalue weighted by molar-refractivity contribution is -0.135. The van der Waals surface area contributed by atoms with Crippen molar-refractivity contribution in [2.75, 3.05) is 26.2 Å². The first kappa shape index (κ1) is 26.2. The van der Waals surface area contributed by atoms with Gasteiger partial charge in [-0.1, -0.05) is 56.1 Å². The number of para-hydroxylation sites is 1. The molecule has 36 heavy (non-hydrogen) atoms. The monoisotopic (exact) mass is 528 g/mol. The van der Waals surface area contributed by atoms with Crippen LogP contribution in [0.4, 0.5) is 4.39 Å². The van der Waals surface area contributed by atoms with Crippen LogP contribution in [0.1, 0.15) is 47.1 Å². The maximum Gasteiger partial charge on any atom is 0.255 e. The molecule has 0 unspecified atom stereocenters. The van der Waals surface area contributed by atoms with Crippen molar-refractivity contribution in [3.05, 3.63) is 86.8 Å². The van der Waals surface area contributed by atoms with Crippen LogP contribution in [0.2, 0.25) is 5.02 Å². The van der Waals surface area contributed by atoms with E-state index in [4.69, 9.17) is 16.3 Å². The first-order valence-corrected chi connectivity index (χ1v) is 13.4. The number of halogens is 2. The van der Waals surface area contributed by atoms with E-state index < -0.39 is 5.82 Å². The fraction of sp³-hybridized carbons (Fsp3) is 0.357. The Kier molecular flexibility index (Phi) is 8.64. The van der Waals surface area contributed by atoms with Crippen molar-refractivity contribution in [2.45, 2.75) is 32.7 Å². The highest BCUT2D eigenvalue weighted by molar-refractivity contribution is 7.10. The van der Waals surface area contributed by atoms with Gasteiger partial charge in [-0.15, -0.1) is 11.3 Å². The smallest absolute Gasteiger partial charge is 0.255 e. The van der Waals surface area contributed by atoms with Crippen molar-refractivity contribution in [3.8, 4) is 5.75 Å². The average molecular weight is 529 g/mol. The van der Waals surface area contributed by atoms with Gasteiger partial charge in [0.25, 0.3) is 5.91 Å². The molecule has 1 aliphatic rings. The van der Waals surface area contributed by atoms with Gasteiger partial charge < -0.3 is 14.5 Å². The SMILES string of the molecule is CC[C@H](C)CN(CC(=O)N1CCc2sccc2[C@H]1COc1ccccc1F)C(=O)c1ccccc1Cl. The zero-order valence-corrected chi connectivity index (χ0v) is 22.0. The van der Waals surface area contributed by atoms with Gasteiger partial charge in [-0.2, -0.15) is 0 Å². The standard InChI is InChI=1S/C28H30ClFN2O3S/c1-3-19(2)16-31(28(34)20-8-4-5-9-22(20)29)17-27(33)32-14-12-26-21(13-15-36-26)24(32)18-35-25-11-7-6-10-23(25)30/h4-11,13,15,19,24H,3,12,14,16-18H2,1-2H3/t19-,24+/m0/s1. The lowest BCUT2D eigenvalue weighted by Crippen LogP contribution is -2.48. The summed E-state index contributed by atoms with van der Waals surface area (Å²) in [5.74, 6) is -0.505. The van der Waals surface area contributed by atoms with Crippen molar-refractivity contribution in [3.63, 3.8) is 0 Å². The van der Waals surface area contributed by atoms with Gasteiger partial charge >= 0.3 is 0 Å². The number of benzene rings is 2. The Labute approximate surface area is 220 Å². The summed E-state index contributed by atoms with van der Waals surface area (Å²) in [7, 11) is 0. The molecule has 2 amide bonds. The molecule has 0 fully saturated rings. The van der Waals surface area contributed by atoms with Crippen LogP contribution in [0.3, 0.4) is 0 Å². The van der Waals surface area contributed by atoms with Crippen molar-refractivity contribution in [1.29, 1.82) is 0 Å². The maximum atomic E-state index is 14.2. The third-order valence-corrected chi connectivity index (χ3v) is 7.92. The number of carbonyl (C=O) groups excluding carboxylic acids is 2. The molecule has 0 saturated heterocycles. The summed E-state index contributed by atoms with van der Waals surface area (Å²) < 4.78 is 20.0. The molecule has 1 aromatic heterocycles. The Hall–Kier alpha value is -2.90. The van der Waals surface area contributed by atoms with Gasteiger partial charge in [-0.3, -0.25) is 9.59 Å². The summed E-state index contributed by atoms with van der Waals surface area (Å²) in [6.07, 6.45) is 1.61. The van der Waals surface area contributed by atoms with Crippen molar-refractivity contribution in [1.82, 2.24) is 9.80 Å².